The Morgan fingerprint density at radius 1 is 1.29 bits per heavy atom. The normalized spacial score (nSPS) is 11.5. The highest BCUT2D eigenvalue weighted by atomic mass is 35.5. The van der Waals surface area contributed by atoms with E-state index >= 15 is 0 Å². The van der Waals surface area contributed by atoms with Crippen molar-refractivity contribution in [3.8, 4) is 0 Å². The van der Waals surface area contributed by atoms with Crippen molar-refractivity contribution in [2.45, 2.75) is 20.0 Å². The summed E-state index contributed by atoms with van der Waals surface area (Å²) in [7, 11) is 1.25. The third-order valence-corrected chi connectivity index (χ3v) is 3.65. The second-order valence-corrected chi connectivity index (χ2v) is 5.54. The van der Waals surface area contributed by atoms with Crippen molar-refractivity contribution in [3.63, 3.8) is 0 Å². The average molecular weight is 360 g/mol. The van der Waals surface area contributed by atoms with Crippen LogP contribution in [0.25, 0.3) is 0 Å². The molecule has 5 nitrogen and oxygen atoms in total. The maximum absolute atomic E-state index is 13.1. The van der Waals surface area contributed by atoms with Crippen molar-refractivity contribution in [2.75, 3.05) is 5.32 Å². The van der Waals surface area contributed by atoms with E-state index in [9.17, 15) is 22.8 Å². The maximum Gasteiger partial charge on any atom is 0.420 e. The van der Waals surface area contributed by atoms with Gasteiger partial charge in [0.2, 0.25) is 0 Å². The summed E-state index contributed by atoms with van der Waals surface area (Å²) in [5.41, 5.74) is -1.69. The Bertz CT molecular complexity index is 828. The van der Waals surface area contributed by atoms with Gasteiger partial charge >= 0.3 is 6.18 Å². The molecule has 0 spiro atoms. The molecule has 0 saturated carbocycles. The van der Waals surface area contributed by atoms with E-state index in [2.05, 4.69) is 10.4 Å². The zero-order valence-electron chi connectivity index (χ0n) is 13.0. The minimum absolute atomic E-state index is 0.154. The van der Waals surface area contributed by atoms with Crippen molar-refractivity contribution in [1.29, 1.82) is 0 Å². The van der Waals surface area contributed by atoms with Gasteiger partial charge in [-0.1, -0.05) is 11.6 Å². The van der Waals surface area contributed by atoms with Gasteiger partial charge in [0.25, 0.3) is 5.91 Å². The number of anilines is 1. The maximum atomic E-state index is 13.1. The average Bonchev–Trinajstić information content (AvgIpc) is 2.75. The van der Waals surface area contributed by atoms with Crippen LogP contribution in [0.4, 0.5) is 18.9 Å². The smallest absolute Gasteiger partial charge is 0.321 e. The Hall–Kier alpha value is -2.35. The summed E-state index contributed by atoms with van der Waals surface area (Å²) in [6.45, 7) is 2.47. The number of aryl methyl sites for hydroxylation is 2. The Morgan fingerprint density at radius 2 is 1.92 bits per heavy atom. The summed E-state index contributed by atoms with van der Waals surface area (Å²) in [4.78, 5) is 23.7. The van der Waals surface area contributed by atoms with Gasteiger partial charge in [0.1, 0.15) is 11.3 Å². The molecule has 1 aromatic carbocycles. The number of benzene rings is 1. The number of aromatic nitrogens is 2. The monoisotopic (exact) mass is 359 g/mol. The van der Waals surface area contributed by atoms with Crippen molar-refractivity contribution < 1.29 is 22.8 Å². The molecule has 2 aromatic rings. The molecule has 2 rings (SSSR count). The van der Waals surface area contributed by atoms with Gasteiger partial charge in [-0.3, -0.25) is 14.3 Å². The van der Waals surface area contributed by atoms with Gasteiger partial charge in [-0.2, -0.15) is 18.3 Å². The molecule has 1 aromatic heterocycles. The second kappa shape index (κ2) is 6.27. The predicted octanol–water partition coefficient (Wildman–Crippen LogP) is 3.86. The molecule has 1 heterocycles. The number of Topliss-reactive ketones (excluding diaryl/α,β-unsaturated/α-hetero) is 1. The molecule has 0 atom stereocenters. The van der Waals surface area contributed by atoms with Crippen molar-refractivity contribution in [2.24, 2.45) is 7.05 Å². The molecule has 0 saturated heterocycles. The number of alkyl halides is 3. The lowest BCUT2D eigenvalue weighted by atomic mass is 10.1. The zero-order chi connectivity index (χ0) is 18.2. The molecule has 0 unspecified atom stereocenters. The fourth-order valence-corrected chi connectivity index (χ4v) is 2.57. The van der Waals surface area contributed by atoms with E-state index in [4.69, 9.17) is 11.6 Å². The lowest BCUT2D eigenvalue weighted by Crippen LogP contribution is -2.21. The first-order chi connectivity index (χ1) is 11.0. The predicted molar refractivity (Wildman–Crippen MR) is 82.4 cm³/mol. The third kappa shape index (κ3) is 3.43. The van der Waals surface area contributed by atoms with Crippen LogP contribution < -0.4 is 5.32 Å². The molecule has 9 heteroatoms. The largest absolute Gasteiger partial charge is 0.420 e. The standard InChI is InChI=1S/C15H13ClF3N3O2/c1-7-12(15(17,18)19)13(22(3)21-7)14(24)20-9-4-5-11(16)10(6-9)8(2)23/h4-6H,1-3H3,(H,20,24). The molecule has 1 N–H and O–H groups in total. The number of hydrogen-bond donors (Lipinski definition) is 1. The molecule has 1 amide bonds. The lowest BCUT2D eigenvalue weighted by Gasteiger charge is -2.11. The molecule has 0 aliphatic heterocycles. The molecule has 0 bridgehead atoms. The molecule has 24 heavy (non-hydrogen) atoms. The number of carbonyl (C=O) groups excluding carboxylic acids is 2. The van der Waals surface area contributed by atoms with E-state index in [1.807, 2.05) is 0 Å². The Kier molecular flexibility index (Phi) is 4.70. The van der Waals surface area contributed by atoms with Gasteiger partial charge in [-0.05, 0) is 32.0 Å². The number of ketones is 1. The molecule has 0 fully saturated rings. The number of carbonyl (C=O) groups is 2. The molecular formula is C15H13ClF3N3O2. The van der Waals surface area contributed by atoms with Gasteiger partial charge in [0.05, 0.1) is 10.7 Å². The summed E-state index contributed by atoms with van der Waals surface area (Å²) in [5, 5.41) is 6.19. The minimum atomic E-state index is -4.71. The van der Waals surface area contributed by atoms with E-state index in [0.29, 0.717) is 0 Å². The SMILES string of the molecule is CC(=O)c1cc(NC(=O)c2c(C(F)(F)F)c(C)nn2C)ccc1Cl. The van der Waals surface area contributed by atoms with Crippen LogP contribution >= 0.6 is 11.6 Å². The summed E-state index contributed by atoms with van der Waals surface area (Å²) in [5.74, 6) is -1.31. The van der Waals surface area contributed by atoms with Gasteiger partial charge in [-0.15, -0.1) is 0 Å². The number of rotatable bonds is 3. The number of halogens is 4. The van der Waals surface area contributed by atoms with Gasteiger partial charge in [-0.25, -0.2) is 0 Å². The van der Waals surface area contributed by atoms with Gasteiger partial charge in [0.15, 0.2) is 5.78 Å². The number of amides is 1. The summed E-state index contributed by atoms with van der Waals surface area (Å²) in [6.07, 6.45) is -4.71. The number of nitrogens with zero attached hydrogens (tertiary/aromatic N) is 2. The van der Waals surface area contributed by atoms with Crippen LogP contribution in [0.3, 0.4) is 0 Å². The summed E-state index contributed by atoms with van der Waals surface area (Å²) < 4.78 is 40.3. The van der Waals surface area contributed by atoms with Crippen LogP contribution in [0.1, 0.15) is 39.0 Å². The van der Waals surface area contributed by atoms with Crippen LogP contribution in [0.2, 0.25) is 5.02 Å². The van der Waals surface area contributed by atoms with Crippen LogP contribution in [0.5, 0.6) is 0 Å². The third-order valence-electron chi connectivity index (χ3n) is 3.32. The van der Waals surface area contributed by atoms with E-state index in [0.717, 1.165) is 4.68 Å². The van der Waals surface area contributed by atoms with Crippen LogP contribution in [0.15, 0.2) is 18.2 Å². The summed E-state index contributed by atoms with van der Waals surface area (Å²) in [6, 6.07) is 4.08. The molecule has 0 aliphatic carbocycles. The quantitative estimate of drug-likeness (QED) is 0.846. The van der Waals surface area contributed by atoms with Crippen molar-refractivity contribution in [3.05, 3.63) is 45.7 Å². The van der Waals surface area contributed by atoms with Crippen molar-refractivity contribution in [1.82, 2.24) is 9.78 Å². The first-order valence-electron chi connectivity index (χ1n) is 6.75. The Balaban J connectivity index is 2.42. The van der Waals surface area contributed by atoms with Crippen LogP contribution in [-0.4, -0.2) is 21.5 Å². The highest BCUT2D eigenvalue weighted by Gasteiger charge is 2.40. The van der Waals surface area contributed by atoms with Gasteiger partial charge in [0, 0.05) is 18.3 Å². The van der Waals surface area contributed by atoms with E-state index in [-0.39, 0.29) is 27.8 Å². The fraction of sp³-hybridized carbons (Fsp3) is 0.267. The van der Waals surface area contributed by atoms with Gasteiger partial charge < -0.3 is 5.32 Å². The number of hydrogen-bond acceptors (Lipinski definition) is 3. The highest BCUT2D eigenvalue weighted by Crippen LogP contribution is 2.34. The molecule has 128 valence electrons. The van der Waals surface area contributed by atoms with E-state index in [1.54, 1.807) is 0 Å². The molecule has 0 aliphatic rings. The molecule has 0 radical (unpaired) electrons. The van der Waals surface area contributed by atoms with Crippen LogP contribution in [-0.2, 0) is 13.2 Å². The Morgan fingerprint density at radius 3 is 2.46 bits per heavy atom. The fourth-order valence-electron chi connectivity index (χ4n) is 2.32. The summed E-state index contributed by atoms with van der Waals surface area (Å²) >= 11 is 5.86. The first kappa shape index (κ1) is 18.0. The zero-order valence-corrected chi connectivity index (χ0v) is 13.7. The first-order valence-corrected chi connectivity index (χ1v) is 7.12. The van der Waals surface area contributed by atoms with Crippen LogP contribution in [0, 0.1) is 6.92 Å². The molecular weight excluding hydrogens is 347 g/mol. The Labute approximate surface area is 140 Å². The number of nitrogens with one attached hydrogen (secondary N) is 1. The topological polar surface area (TPSA) is 64.0 Å². The van der Waals surface area contributed by atoms with Crippen molar-refractivity contribution >= 4 is 29.0 Å². The van der Waals surface area contributed by atoms with E-state index in [1.165, 1.54) is 39.1 Å². The lowest BCUT2D eigenvalue weighted by molar-refractivity contribution is -0.138. The minimum Gasteiger partial charge on any atom is -0.321 e. The van der Waals surface area contributed by atoms with E-state index < -0.39 is 23.3 Å². The highest BCUT2D eigenvalue weighted by molar-refractivity contribution is 6.34. The second-order valence-electron chi connectivity index (χ2n) is 5.14.